The fraction of sp³-hybridized carbons (Fsp3) is 0.550. The van der Waals surface area contributed by atoms with Crippen molar-refractivity contribution in [1.82, 2.24) is 15.1 Å². The first-order chi connectivity index (χ1) is 12.7. The van der Waals surface area contributed by atoms with Gasteiger partial charge < -0.3 is 19.1 Å². The molecule has 1 aromatic carbocycles. The first-order valence-corrected chi connectivity index (χ1v) is 9.13. The Morgan fingerprint density at radius 3 is 2.42 bits per heavy atom. The minimum atomic E-state index is -0.120. The molecular weight excluding hydrogens is 330 g/mol. The number of ether oxygens (including phenoxy) is 3. The number of aromatic amines is 1. The molecule has 0 radical (unpaired) electrons. The Kier molecular flexibility index (Phi) is 8.61. The second-order valence-corrected chi connectivity index (χ2v) is 6.54. The van der Waals surface area contributed by atoms with E-state index in [0.29, 0.717) is 13.2 Å². The zero-order chi connectivity index (χ0) is 18.8. The highest BCUT2D eigenvalue weighted by atomic mass is 16.6. The number of nitrogens with one attached hydrogen (secondary N) is 1. The number of aromatic nitrogens is 2. The summed E-state index contributed by atoms with van der Waals surface area (Å²) in [6.45, 7) is 5.17. The smallest absolute Gasteiger partial charge is 0.145 e. The van der Waals surface area contributed by atoms with E-state index in [4.69, 9.17) is 14.2 Å². The molecule has 2 aromatic rings. The van der Waals surface area contributed by atoms with Gasteiger partial charge in [-0.15, -0.1) is 0 Å². The van der Waals surface area contributed by atoms with Crippen LogP contribution in [0.1, 0.15) is 25.3 Å². The Morgan fingerprint density at radius 2 is 1.81 bits per heavy atom. The van der Waals surface area contributed by atoms with Crippen molar-refractivity contribution in [2.75, 3.05) is 41.0 Å². The zero-order valence-corrected chi connectivity index (χ0v) is 16.3. The molecule has 0 amide bonds. The summed E-state index contributed by atoms with van der Waals surface area (Å²) < 4.78 is 16.3. The second kappa shape index (κ2) is 11.0. The highest BCUT2D eigenvalue weighted by Gasteiger charge is 2.12. The molecule has 0 bridgehead atoms. The molecule has 2 rings (SSSR count). The lowest BCUT2D eigenvalue weighted by molar-refractivity contribution is 0.0245. The maximum Gasteiger partial charge on any atom is 0.145 e. The first-order valence-electron chi connectivity index (χ1n) is 9.13. The van der Waals surface area contributed by atoms with Crippen molar-refractivity contribution in [3.8, 4) is 17.0 Å². The van der Waals surface area contributed by atoms with Gasteiger partial charge in [-0.25, -0.2) is 0 Å². The number of H-pyrrole nitrogens is 1. The van der Waals surface area contributed by atoms with Crippen LogP contribution in [0.25, 0.3) is 11.3 Å². The van der Waals surface area contributed by atoms with Gasteiger partial charge in [-0.3, -0.25) is 5.10 Å². The van der Waals surface area contributed by atoms with E-state index in [1.54, 1.807) is 14.2 Å². The van der Waals surface area contributed by atoms with Gasteiger partial charge in [-0.2, -0.15) is 5.10 Å². The minimum absolute atomic E-state index is 0.120. The van der Waals surface area contributed by atoms with Crippen molar-refractivity contribution in [1.29, 1.82) is 0 Å². The summed E-state index contributed by atoms with van der Waals surface area (Å²) >= 11 is 0. The van der Waals surface area contributed by atoms with E-state index >= 15 is 0 Å². The second-order valence-electron chi connectivity index (χ2n) is 6.54. The van der Waals surface area contributed by atoms with Crippen LogP contribution in [-0.2, 0) is 16.0 Å². The predicted octanol–water partition coefficient (Wildman–Crippen LogP) is 3.35. The lowest BCUT2D eigenvalue weighted by Crippen LogP contribution is -2.27. The summed E-state index contributed by atoms with van der Waals surface area (Å²) in [7, 11) is 5.47. The monoisotopic (exact) mass is 361 g/mol. The quantitative estimate of drug-likeness (QED) is 0.628. The molecule has 0 aliphatic heterocycles. The van der Waals surface area contributed by atoms with Crippen LogP contribution in [0.15, 0.2) is 30.5 Å². The third kappa shape index (κ3) is 6.12. The molecule has 6 heteroatoms. The summed E-state index contributed by atoms with van der Waals surface area (Å²) in [5, 5.41) is 7.36. The highest BCUT2D eigenvalue weighted by molar-refractivity contribution is 5.63. The molecule has 0 saturated carbocycles. The molecule has 0 atom stereocenters. The topological polar surface area (TPSA) is 59.6 Å². The summed E-state index contributed by atoms with van der Waals surface area (Å²) in [4.78, 5) is 2.33. The summed E-state index contributed by atoms with van der Waals surface area (Å²) in [6, 6.07) is 8.04. The van der Waals surface area contributed by atoms with Gasteiger partial charge >= 0.3 is 0 Å². The number of methoxy groups -OCH3 is 2. The molecule has 1 N–H and O–H groups in total. The van der Waals surface area contributed by atoms with Crippen molar-refractivity contribution in [2.45, 2.75) is 32.4 Å². The molecule has 0 unspecified atom stereocenters. The molecule has 1 aromatic heterocycles. The maximum atomic E-state index is 5.92. The summed E-state index contributed by atoms with van der Waals surface area (Å²) in [6.07, 6.45) is 4.21. The summed E-state index contributed by atoms with van der Waals surface area (Å²) in [5.41, 5.74) is 3.36. The van der Waals surface area contributed by atoms with E-state index in [9.17, 15) is 0 Å². The van der Waals surface area contributed by atoms with Gasteiger partial charge in [0.25, 0.3) is 0 Å². The molecule has 0 aliphatic carbocycles. The van der Waals surface area contributed by atoms with Crippen LogP contribution in [0.5, 0.6) is 5.75 Å². The summed E-state index contributed by atoms with van der Waals surface area (Å²) in [5.74, 6) is 0.800. The number of unbranched alkanes of at least 4 members (excludes halogenated alkanes) is 1. The van der Waals surface area contributed by atoms with Crippen LogP contribution in [0.3, 0.4) is 0 Å². The van der Waals surface area contributed by atoms with Crippen molar-refractivity contribution < 1.29 is 14.2 Å². The van der Waals surface area contributed by atoms with E-state index in [1.807, 2.05) is 18.3 Å². The van der Waals surface area contributed by atoms with Crippen molar-refractivity contribution in [3.05, 3.63) is 36.0 Å². The Bertz CT molecular complexity index is 621. The average Bonchev–Trinajstić information content (AvgIpc) is 3.09. The fourth-order valence-corrected chi connectivity index (χ4v) is 2.86. The van der Waals surface area contributed by atoms with Gasteiger partial charge in [0.2, 0.25) is 0 Å². The number of benzene rings is 1. The van der Waals surface area contributed by atoms with Crippen LogP contribution in [0.4, 0.5) is 0 Å². The third-order valence-corrected chi connectivity index (χ3v) is 4.20. The first kappa shape index (κ1) is 20.4. The molecule has 0 aliphatic rings. The van der Waals surface area contributed by atoms with E-state index in [0.717, 1.165) is 30.1 Å². The van der Waals surface area contributed by atoms with Gasteiger partial charge in [-0.1, -0.05) is 13.3 Å². The average molecular weight is 361 g/mol. The predicted molar refractivity (Wildman–Crippen MR) is 103 cm³/mol. The van der Waals surface area contributed by atoms with Crippen LogP contribution in [-0.4, -0.2) is 62.2 Å². The van der Waals surface area contributed by atoms with Crippen LogP contribution in [0.2, 0.25) is 0 Å². The Morgan fingerprint density at radius 1 is 1.12 bits per heavy atom. The normalized spacial score (nSPS) is 11.5. The van der Waals surface area contributed by atoms with Crippen molar-refractivity contribution in [2.24, 2.45) is 0 Å². The number of rotatable bonds is 12. The molecule has 144 valence electrons. The Balaban J connectivity index is 2.03. The largest absolute Gasteiger partial charge is 0.486 e. The SMILES string of the molecule is CCCCN(C)Cc1cn[nH]c1-c1ccc(OC(COC)COC)cc1. The van der Waals surface area contributed by atoms with E-state index in [-0.39, 0.29) is 6.10 Å². The Labute approximate surface area is 156 Å². The molecule has 0 spiro atoms. The standard InChI is InChI=1S/C20H31N3O3/c1-5-6-11-23(2)13-17-12-21-22-20(17)16-7-9-18(10-8-16)26-19(14-24-3)15-25-4/h7-10,12,19H,5-6,11,13-15H2,1-4H3,(H,21,22). The van der Waals surface area contributed by atoms with Crippen LogP contribution in [0, 0.1) is 0 Å². The van der Waals surface area contributed by atoms with Crippen LogP contribution < -0.4 is 4.74 Å². The van der Waals surface area contributed by atoms with Crippen LogP contribution >= 0.6 is 0 Å². The maximum absolute atomic E-state index is 5.92. The van der Waals surface area contributed by atoms with Gasteiger partial charge in [0.15, 0.2) is 0 Å². The molecule has 26 heavy (non-hydrogen) atoms. The van der Waals surface area contributed by atoms with Crippen molar-refractivity contribution >= 4 is 0 Å². The highest BCUT2D eigenvalue weighted by Crippen LogP contribution is 2.25. The zero-order valence-electron chi connectivity index (χ0n) is 16.3. The fourth-order valence-electron chi connectivity index (χ4n) is 2.86. The lowest BCUT2D eigenvalue weighted by atomic mass is 10.1. The van der Waals surface area contributed by atoms with E-state index in [1.165, 1.54) is 18.4 Å². The third-order valence-electron chi connectivity index (χ3n) is 4.20. The molecule has 6 nitrogen and oxygen atoms in total. The van der Waals surface area contributed by atoms with E-state index < -0.39 is 0 Å². The van der Waals surface area contributed by atoms with Gasteiger partial charge in [0.05, 0.1) is 25.1 Å². The molecule has 0 saturated heterocycles. The number of hydrogen-bond acceptors (Lipinski definition) is 5. The molecular formula is C20H31N3O3. The molecule has 1 heterocycles. The number of hydrogen-bond donors (Lipinski definition) is 1. The van der Waals surface area contributed by atoms with Crippen molar-refractivity contribution in [3.63, 3.8) is 0 Å². The van der Waals surface area contributed by atoms with Gasteiger partial charge in [0, 0.05) is 31.9 Å². The minimum Gasteiger partial charge on any atom is -0.486 e. The van der Waals surface area contributed by atoms with Gasteiger partial charge in [-0.05, 0) is 44.3 Å². The van der Waals surface area contributed by atoms with E-state index in [2.05, 4.69) is 41.2 Å². The molecule has 0 fully saturated rings. The Hall–Kier alpha value is -1.89. The number of nitrogens with zero attached hydrogens (tertiary/aromatic N) is 2. The van der Waals surface area contributed by atoms with Gasteiger partial charge in [0.1, 0.15) is 11.9 Å². The lowest BCUT2D eigenvalue weighted by Gasteiger charge is -2.18.